The van der Waals surface area contributed by atoms with Crippen LogP contribution in [0.2, 0.25) is 0 Å². The summed E-state index contributed by atoms with van der Waals surface area (Å²) in [4.78, 5) is 11.3. The van der Waals surface area contributed by atoms with Gasteiger partial charge in [0.15, 0.2) is 0 Å². The van der Waals surface area contributed by atoms with E-state index in [1.807, 2.05) is 0 Å². The van der Waals surface area contributed by atoms with Gasteiger partial charge in [-0.3, -0.25) is 5.10 Å². The van der Waals surface area contributed by atoms with Gasteiger partial charge in [-0.1, -0.05) is 12.1 Å². The van der Waals surface area contributed by atoms with Gasteiger partial charge in [0.05, 0.1) is 12.8 Å². The largest absolute Gasteiger partial charge is 0.573 e. The molecule has 1 aromatic carbocycles. The van der Waals surface area contributed by atoms with Gasteiger partial charge in [-0.2, -0.15) is 5.10 Å². The number of carbonyl (C=O) groups excluding carboxylic acids is 1. The lowest BCUT2D eigenvalue weighted by atomic mass is 10.1. The zero-order valence-electron chi connectivity index (χ0n) is 10.2. The number of ether oxygens (including phenoxy) is 2. The van der Waals surface area contributed by atoms with Gasteiger partial charge in [-0.05, 0) is 18.2 Å². The second kappa shape index (κ2) is 5.24. The van der Waals surface area contributed by atoms with E-state index < -0.39 is 18.1 Å². The van der Waals surface area contributed by atoms with Crippen LogP contribution >= 0.6 is 0 Å². The molecule has 2 rings (SSSR count). The highest BCUT2D eigenvalue weighted by Crippen LogP contribution is 2.32. The fourth-order valence-electron chi connectivity index (χ4n) is 1.57. The molecule has 0 bridgehead atoms. The van der Waals surface area contributed by atoms with Gasteiger partial charge < -0.3 is 9.47 Å². The van der Waals surface area contributed by atoms with E-state index in [9.17, 15) is 18.0 Å². The molecule has 0 saturated heterocycles. The molecule has 0 spiro atoms. The Morgan fingerprint density at radius 2 is 2.00 bits per heavy atom. The molecule has 0 fully saturated rings. The number of halogens is 3. The predicted octanol–water partition coefficient (Wildman–Crippen LogP) is 2.76. The van der Waals surface area contributed by atoms with Crippen LogP contribution in [0.4, 0.5) is 13.2 Å². The molecule has 0 unspecified atom stereocenters. The number of carbonyl (C=O) groups is 1. The molecule has 20 heavy (non-hydrogen) atoms. The molecule has 0 aliphatic heterocycles. The molecule has 0 saturated carbocycles. The molecular weight excluding hydrogens is 277 g/mol. The maximum atomic E-state index is 12.3. The second-order valence-corrected chi connectivity index (χ2v) is 3.70. The van der Waals surface area contributed by atoms with Crippen molar-refractivity contribution < 1.29 is 27.4 Å². The van der Waals surface area contributed by atoms with Gasteiger partial charge in [0.1, 0.15) is 11.4 Å². The number of rotatable bonds is 3. The molecule has 8 heteroatoms. The quantitative estimate of drug-likeness (QED) is 0.881. The average Bonchev–Trinajstić information content (AvgIpc) is 2.86. The van der Waals surface area contributed by atoms with E-state index in [0.717, 1.165) is 6.07 Å². The van der Waals surface area contributed by atoms with Crippen molar-refractivity contribution in [3.05, 3.63) is 36.0 Å². The lowest BCUT2D eigenvalue weighted by Gasteiger charge is -2.11. The van der Waals surface area contributed by atoms with Crippen LogP contribution in [0.5, 0.6) is 5.75 Å². The third-order valence-corrected chi connectivity index (χ3v) is 2.37. The summed E-state index contributed by atoms with van der Waals surface area (Å²) in [5.74, 6) is -1.07. The number of methoxy groups -OCH3 is 1. The Kier molecular flexibility index (Phi) is 3.64. The standard InChI is InChI=1S/C12H9F3N2O3/c1-19-11(18)9-6-8(16-17-9)7-4-2-3-5-10(7)20-12(13,14)15/h2-6H,1H3,(H,16,17). The van der Waals surface area contributed by atoms with Crippen LogP contribution < -0.4 is 4.74 Å². The van der Waals surface area contributed by atoms with Crippen LogP contribution in [0.3, 0.4) is 0 Å². The minimum atomic E-state index is -4.81. The summed E-state index contributed by atoms with van der Waals surface area (Å²) in [6.45, 7) is 0. The molecule has 2 aromatic rings. The zero-order chi connectivity index (χ0) is 14.8. The van der Waals surface area contributed by atoms with E-state index >= 15 is 0 Å². The molecule has 1 N–H and O–H groups in total. The van der Waals surface area contributed by atoms with Crippen molar-refractivity contribution in [2.75, 3.05) is 7.11 Å². The number of nitrogens with zero attached hydrogens (tertiary/aromatic N) is 1. The smallest absolute Gasteiger partial charge is 0.464 e. The predicted molar refractivity (Wildman–Crippen MR) is 62.0 cm³/mol. The van der Waals surface area contributed by atoms with E-state index in [1.165, 1.54) is 31.4 Å². The SMILES string of the molecule is COC(=O)c1cc(-c2ccccc2OC(F)(F)F)n[nH]1. The molecule has 0 aliphatic carbocycles. The molecule has 5 nitrogen and oxygen atoms in total. The van der Waals surface area contributed by atoms with E-state index in [1.54, 1.807) is 0 Å². The van der Waals surface area contributed by atoms with E-state index in [2.05, 4.69) is 19.7 Å². The topological polar surface area (TPSA) is 64.2 Å². The van der Waals surface area contributed by atoms with Crippen molar-refractivity contribution in [3.8, 4) is 17.0 Å². The Morgan fingerprint density at radius 1 is 1.30 bits per heavy atom. The summed E-state index contributed by atoms with van der Waals surface area (Å²) in [7, 11) is 1.18. The Balaban J connectivity index is 2.38. The van der Waals surface area contributed by atoms with Crippen LogP contribution in [-0.4, -0.2) is 29.6 Å². The molecule has 1 heterocycles. The van der Waals surface area contributed by atoms with Gasteiger partial charge >= 0.3 is 12.3 Å². The third kappa shape index (κ3) is 3.08. The average molecular weight is 286 g/mol. The molecule has 0 radical (unpaired) electrons. The Morgan fingerprint density at radius 3 is 2.65 bits per heavy atom. The number of benzene rings is 1. The summed E-state index contributed by atoms with van der Waals surface area (Å²) >= 11 is 0. The van der Waals surface area contributed by atoms with Gasteiger partial charge in [0.2, 0.25) is 0 Å². The van der Waals surface area contributed by atoms with Crippen molar-refractivity contribution >= 4 is 5.97 Å². The fourth-order valence-corrected chi connectivity index (χ4v) is 1.57. The maximum absolute atomic E-state index is 12.3. The van der Waals surface area contributed by atoms with Crippen LogP contribution in [-0.2, 0) is 4.74 Å². The van der Waals surface area contributed by atoms with E-state index in [0.29, 0.717) is 0 Å². The first-order chi connectivity index (χ1) is 9.40. The first kappa shape index (κ1) is 13.9. The van der Waals surface area contributed by atoms with Crippen LogP contribution in [0.1, 0.15) is 10.5 Å². The molecule has 106 valence electrons. The number of hydrogen-bond donors (Lipinski definition) is 1. The number of H-pyrrole nitrogens is 1. The lowest BCUT2D eigenvalue weighted by molar-refractivity contribution is -0.274. The highest BCUT2D eigenvalue weighted by Gasteiger charge is 2.32. The van der Waals surface area contributed by atoms with Gasteiger partial charge in [-0.25, -0.2) is 4.79 Å². The molecule has 0 amide bonds. The fraction of sp³-hybridized carbons (Fsp3) is 0.167. The zero-order valence-corrected chi connectivity index (χ0v) is 10.2. The molecular formula is C12H9F3N2O3. The number of nitrogens with one attached hydrogen (secondary N) is 1. The summed E-state index contributed by atoms with van der Waals surface area (Å²) in [6, 6.07) is 6.78. The molecule has 1 aromatic heterocycles. The Hall–Kier alpha value is -2.51. The first-order valence-corrected chi connectivity index (χ1v) is 5.39. The van der Waals surface area contributed by atoms with Crippen molar-refractivity contribution in [3.63, 3.8) is 0 Å². The van der Waals surface area contributed by atoms with E-state index in [4.69, 9.17) is 0 Å². The number of para-hydroxylation sites is 1. The lowest BCUT2D eigenvalue weighted by Crippen LogP contribution is -2.17. The van der Waals surface area contributed by atoms with Gasteiger partial charge in [-0.15, -0.1) is 13.2 Å². The third-order valence-electron chi connectivity index (χ3n) is 2.37. The Labute approximate surface area is 111 Å². The first-order valence-electron chi connectivity index (χ1n) is 5.39. The monoisotopic (exact) mass is 286 g/mol. The minimum absolute atomic E-state index is 0.0318. The summed E-state index contributed by atoms with van der Waals surface area (Å²) < 4.78 is 45.3. The highest BCUT2D eigenvalue weighted by atomic mass is 19.4. The normalized spacial score (nSPS) is 11.2. The Bertz CT molecular complexity index is 622. The maximum Gasteiger partial charge on any atom is 0.573 e. The van der Waals surface area contributed by atoms with Gasteiger partial charge in [0.25, 0.3) is 0 Å². The van der Waals surface area contributed by atoms with E-state index in [-0.39, 0.29) is 17.0 Å². The summed E-state index contributed by atoms with van der Waals surface area (Å²) in [6.07, 6.45) is -4.81. The summed E-state index contributed by atoms with van der Waals surface area (Å²) in [5.41, 5.74) is 0.283. The van der Waals surface area contributed by atoms with Crippen molar-refractivity contribution in [2.24, 2.45) is 0 Å². The van der Waals surface area contributed by atoms with Crippen molar-refractivity contribution in [1.29, 1.82) is 0 Å². The number of alkyl halides is 3. The van der Waals surface area contributed by atoms with Crippen molar-refractivity contribution in [2.45, 2.75) is 6.36 Å². The van der Waals surface area contributed by atoms with Gasteiger partial charge in [0, 0.05) is 5.56 Å². The second-order valence-electron chi connectivity index (χ2n) is 3.70. The number of aromatic nitrogens is 2. The van der Waals surface area contributed by atoms with Crippen molar-refractivity contribution in [1.82, 2.24) is 10.2 Å². The molecule has 0 atom stereocenters. The van der Waals surface area contributed by atoms with Crippen LogP contribution in [0.25, 0.3) is 11.3 Å². The highest BCUT2D eigenvalue weighted by molar-refractivity contribution is 5.88. The number of aromatic amines is 1. The number of esters is 1. The minimum Gasteiger partial charge on any atom is -0.464 e. The van der Waals surface area contributed by atoms with Crippen LogP contribution in [0.15, 0.2) is 30.3 Å². The number of hydrogen-bond acceptors (Lipinski definition) is 4. The summed E-state index contributed by atoms with van der Waals surface area (Å²) in [5, 5.41) is 6.16. The van der Waals surface area contributed by atoms with Crippen LogP contribution in [0, 0.1) is 0 Å². The molecule has 0 aliphatic rings.